The Bertz CT molecular complexity index is 134. The summed E-state index contributed by atoms with van der Waals surface area (Å²) in [6.07, 6.45) is 5.59. The van der Waals surface area contributed by atoms with Gasteiger partial charge in [-0.3, -0.25) is 0 Å². The lowest BCUT2D eigenvalue weighted by molar-refractivity contribution is 0.205. The molecule has 11 heavy (non-hydrogen) atoms. The van der Waals surface area contributed by atoms with Crippen molar-refractivity contribution in [3.8, 4) is 0 Å². The van der Waals surface area contributed by atoms with Crippen LogP contribution in [0.5, 0.6) is 0 Å². The van der Waals surface area contributed by atoms with Gasteiger partial charge in [0, 0.05) is 18.5 Å². The summed E-state index contributed by atoms with van der Waals surface area (Å²) in [6.45, 7) is 3.70. The highest BCUT2D eigenvalue weighted by Crippen LogP contribution is 2.28. The van der Waals surface area contributed by atoms with Crippen LogP contribution in [-0.2, 0) is 0 Å². The van der Waals surface area contributed by atoms with Crippen molar-refractivity contribution in [3.63, 3.8) is 0 Å². The Morgan fingerprint density at radius 2 is 2.09 bits per heavy atom. The van der Waals surface area contributed by atoms with E-state index in [9.17, 15) is 0 Å². The molecule has 1 unspecified atom stereocenters. The summed E-state index contributed by atoms with van der Waals surface area (Å²) >= 11 is 6.01. The van der Waals surface area contributed by atoms with Crippen LogP contribution in [0.4, 0.5) is 0 Å². The van der Waals surface area contributed by atoms with Gasteiger partial charge in [0.05, 0.1) is 0 Å². The predicted molar refractivity (Wildman–Crippen MR) is 48.0 cm³/mol. The molecule has 1 saturated heterocycles. The van der Waals surface area contributed by atoms with Crippen molar-refractivity contribution in [1.82, 2.24) is 4.90 Å². The molecule has 1 aliphatic carbocycles. The topological polar surface area (TPSA) is 3.24 Å². The van der Waals surface area contributed by atoms with Crippen molar-refractivity contribution in [2.24, 2.45) is 5.92 Å². The van der Waals surface area contributed by atoms with E-state index in [4.69, 9.17) is 11.6 Å². The van der Waals surface area contributed by atoms with Gasteiger partial charge >= 0.3 is 0 Å². The van der Waals surface area contributed by atoms with Crippen LogP contribution >= 0.6 is 11.6 Å². The molecule has 1 aliphatic heterocycles. The van der Waals surface area contributed by atoms with Crippen molar-refractivity contribution >= 4 is 11.6 Å². The fraction of sp³-hybridized carbons (Fsp3) is 1.00. The molecule has 2 rings (SSSR count). The van der Waals surface area contributed by atoms with Gasteiger partial charge < -0.3 is 4.90 Å². The molecule has 64 valence electrons. The molecule has 0 aromatic heterocycles. The van der Waals surface area contributed by atoms with E-state index < -0.39 is 0 Å². The van der Waals surface area contributed by atoms with E-state index in [2.05, 4.69) is 4.90 Å². The summed E-state index contributed by atoms with van der Waals surface area (Å²) in [7, 11) is 0. The molecule has 0 aromatic rings. The minimum absolute atomic E-state index is 0.440. The number of rotatable bonds is 2. The Balaban J connectivity index is 1.70. The Morgan fingerprint density at radius 3 is 2.55 bits per heavy atom. The van der Waals surface area contributed by atoms with Crippen molar-refractivity contribution in [1.29, 1.82) is 0 Å². The van der Waals surface area contributed by atoms with Crippen LogP contribution in [0.2, 0.25) is 0 Å². The number of hydrogen-bond donors (Lipinski definition) is 0. The van der Waals surface area contributed by atoms with Gasteiger partial charge in [0.25, 0.3) is 0 Å². The highest BCUT2D eigenvalue weighted by molar-refractivity contribution is 6.20. The maximum absolute atomic E-state index is 6.01. The lowest BCUT2D eigenvalue weighted by Crippen LogP contribution is -2.30. The molecule has 0 bridgehead atoms. The fourth-order valence-corrected chi connectivity index (χ4v) is 2.28. The molecule has 1 saturated carbocycles. The van der Waals surface area contributed by atoms with Gasteiger partial charge in [-0.15, -0.1) is 11.6 Å². The second kappa shape index (κ2) is 3.32. The molecule has 1 heterocycles. The summed E-state index contributed by atoms with van der Waals surface area (Å²) in [5, 5.41) is 0.440. The molecule has 2 aliphatic rings. The first kappa shape index (κ1) is 7.88. The van der Waals surface area contributed by atoms with Crippen LogP contribution in [0.1, 0.15) is 25.7 Å². The summed E-state index contributed by atoms with van der Waals surface area (Å²) in [6, 6.07) is 0. The quantitative estimate of drug-likeness (QED) is 0.579. The van der Waals surface area contributed by atoms with Gasteiger partial charge in [-0.05, 0) is 31.7 Å². The third-order valence-corrected chi connectivity index (χ3v) is 3.31. The van der Waals surface area contributed by atoms with Crippen molar-refractivity contribution in [2.75, 3.05) is 19.6 Å². The highest BCUT2D eigenvalue weighted by atomic mass is 35.5. The van der Waals surface area contributed by atoms with Crippen molar-refractivity contribution in [2.45, 2.75) is 31.1 Å². The van der Waals surface area contributed by atoms with Crippen LogP contribution in [0.3, 0.4) is 0 Å². The number of nitrogens with zero attached hydrogens (tertiary/aromatic N) is 1. The van der Waals surface area contributed by atoms with Gasteiger partial charge in [-0.25, -0.2) is 0 Å². The number of hydrogen-bond acceptors (Lipinski definition) is 1. The standard InChI is InChI=1S/C9H16ClN/c10-9-4-5-11(7-9)6-8-2-1-3-8/h8-9H,1-7H2. The van der Waals surface area contributed by atoms with E-state index in [1.807, 2.05) is 0 Å². The molecule has 0 N–H and O–H groups in total. The smallest absolute Gasteiger partial charge is 0.0475 e. The Kier molecular flexibility index (Phi) is 2.38. The lowest BCUT2D eigenvalue weighted by Gasteiger charge is -2.29. The molecular weight excluding hydrogens is 158 g/mol. The van der Waals surface area contributed by atoms with E-state index in [1.54, 1.807) is 0 Å². The third kappa shape index (κ3) is 1.88. The summed E-state index contributed by atoms with van der Waals surface area (Å²) in [5.74, 6) is 1.01. The largest absolute Gasteiger partial charge is 0.302 e. The number of likely N-dealkylation sites (tertiary alicyclic amines) is 1. The lowest BCUT2D eigenvalue weighted by atomic mass is 9.85. The predicted octanol–water partition coefficient (Wildman–Crippen LogP) is 2.10. The molecule has 1 atom stereocenters. The molecule has 0 spiro atoms. The zero-order valence-electron chi connectivity index (χ0n) is 6.93. The Labute approximate surface area is 73.7 Å². The maximum Gasteiger partial charge on any atom is 0.0475 e. The average Bonchev–Trinajstić information content (AvgIpc) is 2.27. The van der Waals surface area contributed by atoms with Crippen LogP contribution < -0.4 is 0 Å². The first-order valence-electron chi connectivity index (χ1n) is 4.71. The monoisotopic (exact) mass is 173 g/mol. The van der Waals surface area contributed by atoms with Gasteiger partial charge in [0.15, 0.2) is 0 Å². The zero-order chi connectivity index (χ0) is 7.68. The first-order chi connectivity index (χ1) is 5.34. The van der Waals surface area contributed by atoms with Crippen LogP contribution in [0, 0.1) is 5.92 Å². The SMILES string of the molecule is ClC1CCN(CC2CCC2)C1. The van der Waals surface area contributed by atoms with Crippen LogP contribution in [0.15, 0.2) is 0 Å². The molecular formula is C9H16ClN. The number of halogens is 1. The first-order valence-corrected chi connectivity index (χ1v) is 5.14. The van der Waals surface area contributed by atoms with Crippen molar-refractivity contribution in [3.05, 3.63) is 0 Å². The Morgan fingerprint density at radius 1 is 1.27 bits per heavy atom. The molecule has 1 nitrogen and oxygen atoms in total. The summed E-state index contributed by atoms with van der Waals surface area (Å²) in [5.41, 5.74) is 0. The van der Waals surface area contributed by atoms with E-state index >= 15 is 0 Å². The second-order valence-corrected chi connectivity index (χ2v) is 4.56. The fourth-order valence-electron chi connectivity index (χ4n) is 1.99. The van der Waals surface area contributed by atoms with Crippen molar-refractivity contribution < 1.29 is 0 Å². The minimum atomic E-state index is 0.440. The molecule has 2 fully saturated rings. The molecule has 0 amide bonds. The molecule has 0 aromatic carbocycles. The van der Waals surface area contributed by atoms with Gasteiger partial charge in [-0.1, -0.05) is 6.42 Å². The summed E-state index contributed by atoms with van der Waals surface area (Å²) in [4.78, 5) is 2.53. The maximum atomic E-state index is 6.01. The van der Waals surface area contributed by atoms with E-state index in [0.717, 1.165) is 12.5 Å². The minimum Gasteiger partial charge on any atom is -0.302 e. The summed E-state index contributed by atoms with van der Waals surface area (Å²) < 4.78 is 0. The molecule has 0 radical (unpaired) electrons. The van der Waals surface area contributed by atoms with E-state index in [1.165, 1.54) is 38.8 Å². The highest BCUT2D eigenvalue weighted by Gasteiger charge is 2.25. The van der Waals surface area contributed by atoms with Gasteiger partial charge in [0.1, 0.15) is 0 Å². The zero-order valence-corrected chi connectivity index (χ0v) is 7.69. The Hall–Kier alpha value is 0.250. The normalized spacial score (nSPS) is 34.1. The average molecular weight is 174 g/mol. The third-order valence-electron chi connectivity index (χ3n) is 2.96. The van der Waals surface area contributed by atoms with E-state index in [0.29, 0.717) is 5.38 Å². The second-order valence-electron chi connectivity index (χ2n) is 3.94. The van der Waals surface area contributed by atoms with E-state index in [-0.39, 0.29) is 0 Å². The van der Waals surface area contributed by atoms with Gasteiger partial charge in [-0.2, -0.15) is 0 Å². The number of alkyl halides is 1. The van der Waals surface area contributed by atoms with Gasteiger partial charge in [0.2, 0.25) is 0 Å². The van der Waals surface area contributed by atoms with Crippen LogP contribution in [-0.4, -0.2) is 29.9 Å². The van der Waals surface area contributed by atoms with Crippen LogP contribution in [0.25, 0.3) is 0 Å². The molecule has 2 heteroatoms.